The summed E-state index contributed by atoms with van der Waals surface area (Å²) in [5.41, 5.74) is -3.75. The van der Waals surface area contributed by atoms with Gasteiger partial charge < -0.3 is 20.4 Å². The third-order valence-electron chi connectivity index (χ3n) is 7.12. The first-order chi connectivity index (χ1) is 17.9. The van der Waals surface area contributed by atoms with Gasteiger partial charge >= 0.3 is 18.4 Å². The summed E-state index contributed by atoms with van der Waals surface area (Å²) in [5, 5.41) is 6.22. The molecule has 0 aliphatic heterocycles. The molecule has 7 nitrogen and oxygen atoms in total. The van der Waals surface area contributed by atoms with Gasteiger partial charge in [-0.3, -0.25) is 0 Å². The van der Waals surface area contributed by atoms with Crippen molar-refractivity contribution in [1.29, 1.82) is 0 Å². The number of aromatic nitrogens is 2. The van der Waals surface area contributed by atoms with Crippen LogP contribution in [0.15, 0.2) is 24.3 Å². The van der Waals surface area contributed by atoms with Gasteiger partial charge in [-0.2, -0.15) is 31.3 Å². The zero-order valence-corrected chi connectivity index (χ0v) is 22.8. The van der Waals surface area contributed by atoms with Gasteiger partial charge in [0.25, 0.3) is 0 Å². The summed E-state index contributed by atoms with van der Waals surface area (Å²) in [6.07, 6.45) is -7.25. The van der Waals surface area contributed by atoms with Crippen molar-refractivity contribution in [3.05, 3.63) is 46.6 Å². The quantitative estimate of drug-likeness (QED) is 0.413. The summed E-state index contributed by atoms with van der Waals surface area (Å²) < 4.78 is 80.2. The average Bonchev–Trinajstić information content (AvgIpc) is 2.83. The van der Waals surface area contributed by atoms with E-state index < -0.39 is 35.0 Å². The summed E-state index contributed by atoms with van der Waals surface area (Å²) in [6, 6.07) is 2.58. The highest BCUT2D eigenvalue weighted by molar-refractivity contribution is 5.75. The molecule has 216 valence electrons. The summed E-state index contributed by atoms with van der Waals surface area (Å²) in [4.78, 5) is 25.0. The number of nitrogens with zero attached hydrogens (tertiary/aromatic N) is 4. The molecule has 0 bridgehead atoms. The van der Waals surface area contributed by atoms with Crippen LogP contribution in [0.2, 0.25) is 0 Å². The van der Waals surface area contributed by atoms with Crippen molar-refractivity contribution < 1.29 is 31.1 Å². The molecule has 39 heavy (non-hydrogen) atoms. The molecule has 1 aliphatic rings. The van der Waals surface area contributed by atoms with Crippen LogP contribution in [-0.2, 0) is 17.9 Å². The molecule has 1 aromatic carbocycles. The SMILES string of the molecule is Cc1cc(N(C)C)nc(N[C@H]2CC[C@@H](NC(=O)N(C)C(C)(C)c3cc(C(F)(F)F)cc(C(F)(F)F)c3)CC2)n1. The Labute approximate surface area is 224 Å². The predicted octanol–water partition coefficient (Wildman–Crippen LogP) is 6.19. The van der Waals surface area contributed by atoms with Crippen LogP contribution in [0.25, 0.3) is 0 Å². The molecule has 2 aromatic rings. The Bertz CT molecular complexity index is 1140. The highest BCUT2D eigenvalue weighted by atomic mass is 19.4. The van der Waals surface area contributed by atoms with Crippen molar-refractivity contribution in [2.75, 3.05) is 31.4 Å². The van der Waals surface area contributed by atoms with Gasteiger partial charge in [-0.1, -0.05) is 0 Å². The maximum Gasteiger partial charge on any atom is 0.416 e. The maximum atomic E-state index is 13.4. The number of nitrogens with one attached hydrogen (secondary N) is 2. The maximum absolute atomic E-state index is 13.4. The monoisotopic (exact) mass is 560 g/mol. The molecular weight excluding hydrogens is 526 g/mol. The van der Waals surface area contributed by atoms with Crippen molar-refractivity contribution >= 4 is 17.8 Å². The normalized spacial score (nSPS) is 18.5. The molecule has 0 atom stereocenters. The lowest BCUT2D eigenvalue weighted by Crippen LogP contribution is -2.51. The number of anilines is 2. The average molecular weight is 561 g/mol. The summed E-state index contributed by atoms with van der Waals surface area (Å²) in [5.74, 6) is 1.30. The molecule has 0 spiro atoms. The number of carbonyl (C=O) groups is 1. The van der Waals surface area contributed by atoms with Gasteiger partial charge in [-0.15, -0.1) is 0 Å². The molecule has 0 radical (unpaired) electrons. The number of hydrogen-bond donors (Lipinski definition) is 2. The number of carbonyl (C=O) groups excluding carboxylic acids is 1. The second-order valence-corrected chi connectivity index (χ2v) is 10.6. The van der Waals surface area contributed by atoms with Crippen LogP contribution < -0.4 is 15.5 Å². The number of aryl methyl sites for hydroxylation is 1. The van der Waals surface area contributed by atoms with E-state index in [2.05, 4.69) is 20.6 Å². The topological polar surface area (TPSA) is 73.4 Å². The smallest absolute Gasteiger partial charge is 0.363 e. The number of amides is 2. The third kappa shape index (κ3) is 7.45. The Hall–Kier alpha value is -3.25. The van der Waals surface area contributed by atoms with Crippen LogP contribution in [0.4, 0.5) is 42.9 Å². The van der Waals surface area contributed by atoms with Gasteiger partial charge in [0.2, 0.25) is 5.95 Å². The van der Waals surface area contributed by atoms with E-state index in [4.69, 9.17) is 0 Å². The molecule has 3 rings (SSSR count). The molecule has 1 fully saturated rings. The van der Waals surface area contributed by atoms with E-state index in [0.717, 1.165) is 29.3 Å². The highest BCUT2D eigenvalue weighted by Crippen LogP contribution is 2.39. The minimum absolute atomic E-state index is 0.0786. The fourth-order valence-corrected chi connectivity index (χ4v) is 4.44. The minimum Gasteiger partial charge on any atom is -0.363 e. The van der Waals surface area contributed by atoms with Gasteiger partial charge in [0.05, 0.1) is 16.7 Å². The standard InChI is InChI=1S/C26H34F6N6O/c1-15-11-21(37(4)5)36-22(33-15)34-19-7-9-20(10-8-19)35-23(39)38(6)24(2,3)16-12-17(25(27,28)29)14-18(13-16)26(30,31)32/h11-14,19-20H,7-10H2,1-6H3,(H,35,39)(H,33,34,36)/t19-,20+. The molecule has 0 saturated heterocycles. The molecule has 0 unspecified atom stereocenters. The number of hydrogen-bond acceptors (Lipinski definition) is 5. The lowest BCUT2D eigenvalue weighted by atomic mass is 9.89. The predicted molar refractivity (Wildman–Crippen MR) is 137 cm³/mol. The van der Waals surface area contributed by atoms with E-state index in [9.17, 15) is 31.1 Å². The Morgan fingerprint density at radius 1 is 0.821 bits per heavy atom. The fourth-order valence-electron chi connectivity index (χ4n) is 4.44. The molecule has 1 aromatic heterocycles. The minimum atomic E-state index is -4.98. The first kappa shape index (κ1) is 30.3. The van der Waals surface area contributed by atoms with Crippen LogP contribution in [-0.4, -0.2) is 54.1 Å². The first-order valence-electron chi connectivity index (χ1n) is 12.5. The fraction of sp³-hybridized carbons (Fsp3) is 0.577. The molecule has 13 heteroatoms. The number of rotatable bonds is 6. The summed E-state index contributed by atoms with van der Waals surface area (Å²) in [7, 11) is 5.13. The number of alkyl halides is 6. The summed E-state index contributed by atoms with van der Waals surface area (Å²) >= 11 is 0. The molecule has 1 saturated carbocycles. The van der Waals surface area contributed by atoms with Gasteiger partial charge in [0.1, 0.15) is 5.82 Å². The van der Waals surface area contributed by atoms with Crippen molar-refractivity contribution in [1.82, 2.24) is 20.2 Å². The first-order valence-corrected chi connectivity index (χ1v) is 12.5. The van der Waals surface area contributed by atoms with Crippen LogP contribution in [0.3, 0.4) is 0 Å². The second kappa shape index (κ2) is 11.1. The third-order valence-corrected chi connectivity index (χ3v) is 7.12. The van der Waals surface area contributed by atoms with Crippen molar-refractivity contribution in [3.8, 4) is 0 Å². The number of halogens is 6. The van der Waals surface area contributed by atoms with Gasteiger partial charge in [-0.25, -0.2) is 9.78 Å². The molecular formula is C26H34F6N6O. The largest absolute Gasteiger partial charge is 0.416 e. The van der Waals surface area contributed by atoms with E-state index in [1.54, 1.807) is 0 Å². The zero-order chi connectivity index (χ0) is 29.3. The Morgan fingerprint density at radius 3 is 1.79 bits per heavy atom. The van der Waals surface area contributed by atoms with E-state index in [-0.39, 0.29) is 23.7 Å². The van der Waals surface area contributed by atoms with Gasteiger partial charge in [-0.05, 0) is 70.2 Å². The van der Waals surface area contributed by atoms with Crippen molar-refractivity contribution in [2.24, 2.45) is 0 Å². The van der Waals surface area contributed by atoms with Gasteiger partial charge in [0.15, 0.2) is 0 Å². The van der Waals surface area contributed by atoms with Crippen LogP contribution >= 0.6 is 0 Å². The number of benzene rings is 1. The summed E-state index contributed by atoms with van der Waals surface area (Å²) in [6.45, 7) is 4.70. The van der Waals surface area contributed by atoms with E-state index in [0.29, 0.717) is 30.9 Å². The lowest BCUT2D eigenvalue weighted by Gasteiger charge is -2.38. The van der Waals surface area contributed by atoms with E-state index in [1.165, 1.54) is 20.9 Å². The highest BCUT2D eigenvalue weighted by Gasteiger charge is 2.40. The molecule has 2 amide bonds. The Morgan fingerprint density at radius 2 is 1.31 bits per heavy atom. The van der Waals surface area contributed by atoms with Crippen LogP contribution in [0, 0.1) is 6.92 Å². The van der Waals surface area contributed by atoms with Gasteiger partial charge in [0, 0.05) is 45.0 Å². The Kier molecular flexibility index (Phi) is 8.61. The Balaban J connectivity index is 1.66. The molecule has 1 aliphatic carbocycles. The second-order valence-electron chi connectivity index (χ2n) is 10.6. The molecule has 2 N–H and O–H groups in total. The molecule has 1 heterocycles. The van der Waals surface area contributed by atoms with E-state index >= 15 is 0 Å². The van der Waals surface area contributed by atoms with Crippen LogP contribution in [0.5, 0.6) is 0 Å². The van der Waals surface area contributed by atoms with E-state index in [1.807, 2.05) is 32.0 Å². The lowest BCUT2D eigenvalue weighted by molar-refractivity contribution is -0.143. The van der Waals surface area contributed by atoms with Crippen LogP contribution in [0.1, 0.15) is 61.9 Å². The van der Waals surface area contributed by atoms with Crippen molar-refractivity contribution in [2.45, 2.75) is 76.4 Å². The van der Waals surface area contributed by atoms with Crippen molar-refractivity contribution in [3.63, 3.8) is 0 Å². The number of urea groups is 1. The zero-order valence-electron chi connectivity index (χ0n) is 22.8.